The van der Waals surface area contributed by atoms with E-state index in [9.17, 15) is 14.9 Å². The van der Waals surface area contributed by atoms with Gasteiger partial charge in [-0.25, -0.2) is 0 Å². The Labute approximate surface area is 127 Å². The molecule has 0 aromatic carbocycles. The van der Waals surface area contributed by atoms with Gasteiger partial charge in [-0.2, -0.15) is 10.2 Å². The van der Waals surface area contributed by atoms with Crippen molar-refractivity contribution in [3.05, 3.63) is 40.0 Å². The van der Waals surface area contributed by atoms with Gasteiger partial charge in [0.05, 0.1) is 10.6 Å². The first-order chi connectivity index (χ1) is 10.5. The number of amides is 1. The highest BCUT2D eigenvalue weighted by atomic mass is 16.6. The number of hydrogen-bond donors (Lipinski definition) is 1. The van der Waals surface area contributed by atoms with E-state index in [-0.39, 0.29) is 18.1 Å². The first-order valence-corrected chi connectivity index (χ1v) is 6.91. The molecule has 0 spiro atoms. The van der Waals surface area contributed by atoms with Crippen LogP contribution in [0.15, 0.2) is 18.5 Å². The zero-order valence-corrected chi connectivity index (χ0v) is 12.5. The van der Waals surface area contributed by atoms with Crippen molar-refractivity contribution in [2.24, 2.45) is 0 Å². The molecule has 2 aromatic heterocycles. The number of carbonyl (C=O) groups is 1. The molecule has 0 saturated heterocycles. The number of nitrogens with one attached hydrogen (secondary N) is 1. The lowest BCUT2D eigenvalue weighted by Gasteiger charge is -2.06. The lowest BCUT2D eigenvalue weighted by Crippen LogP contribution is -2.29. The lowest BCUT2D eigenvalue weighted by atomic mass is 10.4. The summed E-state index contributed by atoms with van der Waals surface area (Å²) >= 11 is 0. The molecule has 0 aliphatic carbocycles. The van der Waals surface area contributed by atoms with E-state index in [1.165, 1.54) is 4.68 Å². The summed E-state index contributed by atoms with van der Waals surface area (Å²) in [6.07, 6.45) is 3.80. The minimum atomic E-state index is -0.511. The monoisotopic (exact) mass is 306 g/mol. The van der Waals surface area contributed by atoms with Gasteiger partial charge in [-0.05, 0) is 26.3 Å². The van der Waals surface area contributed by atoms with Crippen LogP contribution in [0.1, 0.15) is 17.8 Å². The Kier molecular flexibility index (Phi) is 4.87. The molecule has 0 bridgehead atoms. The van der Waals surface area contributed by atoms with E-state index < -0.39 is 4.92 Å². The Morgan fingerprint density at radius 2 is 2.23 bits per heavy atom. The zero-order chi connectivity index (χ0) is 16.1. The number of nitro groups is 1. The molecule has 2 heterocycles. The maximum Gasteiger partial charge on any atom is 0.309 e. The Bertz CT molecular complexity index is 675. The highest BCUT2D eigenvalue weighted by Crippen LogP contribution is 2.15. The van der Waals surface area contributed by atoms with Crippen LogP contribution in [-0.4, -0.2) is 36.9 Å². The summed E-state index contributed by atoms with van der Waals surface area (Å²) in [4.78, 5) is 22.0. The zero-order valence-electron chi connectivity index (χ0n) is 12.5. The number of aromatic nitrogens is 4. The van der Waals surface area contributed by atoms with Crippen LogP contribution < -0.4 is 5.32 Å². The maximum atomic E-state index is 11.8. The predicted molar refractivity (Wildman–Crippen MR) is 78.2 cm³/mol. The third-order valence-electron chi connectivity index (χ3n) is 3.23. The van der Waals surface area contributed by atoms with E-state index in [1.807, 2.05) is 23.9 Å². The highest BCUT2D eigenvalue weighted by molar-refractivity contribution is 5.75. The summed E-state index contributed by atoms with van der Waals surface area (Å²) in [6, 6.07) is 1.92. The van der Waals surface area contributed by atoms with Crippen LogP contribution in [0, 0.1) is 24.0 Å². The van der Waals surface area contributed by atoms with Gasteiger partial charge in [0.25, 0.3) is 0 Å². The molecule has 2 aromatic rings. The summed E-state index contributed by atoms with van der Waals surface area (Å²) in [6.45, 7) is 4.70. The average Bonchev–Trinajstić information content (AvgIpc) is 3.02. The molecule has 0 atom stereocenters. The smallest absolute Gasteiger partial charge is 0.309 e. The number of carbonyl (C=O) groups excluding carboxylic acids is 1. The van der Waals surface area contributed by atoms with Gasteiger partial charge in [-0.3, -0.25) is 24.3 Å². The summed E-state index contributed by atoms with van der Waals surface area (Å²) in [5.74, 6) is -0.224. The molecule has 0 aliphatic heterocycles. The first kappa shape index (κ1) is 15.7. The first-order valence-electron chi connectivity index (χ1n) is 6.91. The van der Waals surface area contributed by atoms with E-state index in [4.69, 9.17) is 0 Å². The molecular weight excluding hydrogens is 288 g/mol. The van der Waals surface area contributed by atoms with E-state index >= 15 is 0 Å². The van der Waals surface area contributed by atoms with Gasteiger partial charge < -0.3 is 5.32 Å². The van der Waals surface area contributed by atoms with Gasteiger partial charge in [-0.1, -0.05) is 0 Å². The van der Waals surface area contributed by atoms with Gasteiger partial charge in [0.2, 0.25) is 5.91 Å². The minimum Gasteiger partial charge on any atom is -0.354 e. The van der Waals surface area contributed by atoms with E-state index in [2.05, 4.69) is 15.5 Å². The highest BCUT2D eigenvalue weighted by Gasteiger charge is 2.17. The molecule has 9 heteroatoms. The fraction of sp³-hybridized carbons (Fsp3) is 0.462. The van der Waals surface area contributed by atoms with Gasteiger partial charge in [0, 0.05) is 19.3 Å². The van der Waals surface area contributed by atoms with E-state index in [0.29, 0.717) is 12.2 Å². The normalized spacial score (nSPS) is 10.6. The fourth-order valence-corrected chi connectivity index (χ4v) is 2.02. The Hall–Kier alpha value is -2.71. The van der Waals surface area contributed by atoms with Gasteiger partial charge in [0.1, 0.15) is 18.4 Å². The maximum absolute atomic E-state index is 11.8. The molecule has 22 heavy (non-hydrogen) atoms. The molecule has 0 fully saturated rings. The molecule has 0 unspecified atom stereocenters. The van der Waals surface area contributed by atoms with Crippen molar-refractivity contribution in [3.8, 4) is 0 Å². The lowest BCUT2D eigenvalue weighted by molar-refractivity contribution is -0.385. The van der Waals surface area contributed by atoms with Crippen LogP contribution in [0.25, 0.3) is 0 Å². The second kappa shape index (κ2) is 6.83. The van der Waals surface area contributed by atoms with Crippen LogP contribution in [0.3, 0.4) is 0 Å². The molecule has 0 aliphatic rings. The number of aryl methyl sites for hydroxylation is 2. The molecule has 2 rings (SSSR count). The number of hydrogen-bond acceptors (Lipinski definition) is 5. The van der Waals surface area contributed by atoms with E-state index in [1.54, 1.807) is 6.92 Å². The largest absolute Gasteiger partial charge is 0.354 e. The quantitative estimate of drug-likeness (QED) is 0.462. The van der Waals surface area contributed by atoms with Crippen molar-refractivity contribution in [2.45, 2.75) is 33.4 Å². The van der Waals surface area contributed by atoms with Crippen LogP contribution >= 0.6 is 0 Å². The van der Waals surface area contributed by atoms with Crippen molar-refractivity contribution in [3.63, 3.8) is 0 Å². The molecule has 0 saturated carbocycles. The van der Waals surface area contributed by atoms with Gasteiger partial charge in [0.15, 0.2) is 0 Å². The summed E-state index contributed by atoms with van der Waals surface area (Å²) in [5.41, 5.74) is 1.24. The van der Waals surface area contributed by atoms with Crippen LogP contribution in [0.2, 0.25) is 0 Å². The Morgan fingerprint density at radius 1 is 1.45 bits per heavy atom. The summed E-state index contributed by atoms with van der Waals surface area (Å²) in [7, 11) is 0. The molecule has 118 valence electrons. The number of nitrogens with zero attached hydrogens (tertiary/aromatic N) is 5. The topological polar surface area (TPSA) is 108 Å². The summed E-state index contributed by atoms with van der Waals surface area (Å²) in [5, 5.41) is 21.6. The Balaban J connectivity index is 1.75. The molecule has 0 radical (unpaired) electrons. The van der Waals surface area contributed by atoms with Crippen molar-refractivity contribution < 1.29 is 9.72 Å². The minimum absolute atomic E-state index is 0.0272. The van der Waals surface area contributed by atoms with Crippen molar-refractivity contribution in [2.75, 3.05) is 6.54 Å². The van der Waals surface area contributed by atoms with Crippen molar-refractivity contribution in [1.29, 1.82) is 0 Å². The molecular formula is C13H18N6O3. The number of rotatable bonds is 7. The third kappa shape index (κ3) is 3.90. The molecule has 1 amide bonds. The fourth-order valence-electron chi connectivity index (χ4n) is 2.02. The second-order valence-corrected chi connectivity index (χ2v) is 4.95. The second-order valence-electron chi connectivity index (χ2n) is 4.95. The van der Waals surface area contributed by atoms with Crippen molar-refractivity contribution in [1.82, 2.24) is 24.9 Å². The summed E-state index contributed by atoms with van der Waals surface area (Å²) < 4.78 is 3.15. The van der Waals surface area contributed by atoms with Gasteiger partial charge in [-0.15, -0.1) is 0 Å². The van der Waals surface area contributed by atoms with Gasteiger partial charge >= 0.3 is 5.69 Å². The van der Waals surface area contributed by atoms with Crippen LogP contribution in [0.5, 0.6) is 0 Å². The van der Waals surface area contributed by atoms with Crippen LogP contribution in [-0.2, 0) is 17.9 Å². The third-order valence-corrected chi connectivity index (χ3v) is 3.23. The molecule has 1 N–H and O–H groups in total. The standard InChI is InChI=1S/C13H18N6O3/c1-10-4-7-17(16-10)6-3-5-14-13(20)9-18-11(2)12(8-15-18)19(21)22/h4,7-8H,3,5-6,9H2,1-2H3,(H,14,20). The Morgan fingerprint density at radius 3 is 2.82 bits per heavy atom. The van der Waals surface area contributed by atoms with Crippen LogP contribution in [0.4, 0.5) is 5.69 Å². The predicted octanol–water partition coefficient (Wildman–Crippen LogP) is 0.811. The van der Waals surface area contributed by atoms with E-state index in [0.717, 1.165) is 24.9 Å². The molecule has 9 nitrogen and oxygen atoms in total. The van der Waals surface area contributed by atoms with Crippen molar-refractivity contribution >= 4 is 11.6 Å². The average molecular weight is 306 g/mol. The SMILES string of the molecule is Cc1ccn(CCCNC(=O)Cn2ncc([N+](=O)[O-])c2C)n1.